The predicted molar refractivity (Wildman–Crippen MR) is 101 cm³/mol. The molecule has 2 aromatic carbocycles. The summed E-state index contributed by atoms with van der Waals surface area (Å²) in [7, 11) is 0. The van der Waals surface area contributed by atoms with Gasteiger partial charge in [-0.05, 0) is 43.7 Å². The standard InChI is InChI=1S/C20H18BrNO4/c1-3-26-20(25)16-17(13-6-8-14(21)9-7-13)22(19(24)18(16)23)15-10-4-12(2)5-11-15/h4-11,16-17H,3H2,1-2H3. The highest BCUT2D eigenvalue weighted by atomic mass is 79.9. The van der Waals surface area contributed by atoms with Gasteiger partial charge >= 0.3 is 5.97 Å². The molecule has 1 saturated heterocycles. The van der Waals surface area contributed by atoms with Gasteiger partial charge in [-0.2, -0.15) is 0 Å². The third kappa shape index (κ3) is 3.29. The van der Waals surface area contributed by atoms with Crippen LogP contribution in [0.4, 0.5) is 5.69 Å². The van der Waals surface area contributed by atoms with Crippen LogP contribution in [0.15, 0.2) is 53.0 Å². The van der Waals surface area contributed by atoms with Crippen LogP contribution >= 0.6 is 15.9 Å². The molecule has 6 heteroatoms. The van der Waals surface area contributed by atoms with E-state index in [1.807, 2.05) is 31.2 Å². The number of nitrogens with zero attached hydrogens (tertiary/aromatic N) is 1. The first-order valence-corrected chi connectivity index (χ1v) is 9.09. The van der Waals surface area contributed by atoms with E-state index in [1.54, 1.807) is 31.2 Å². The van der Waals surface area contributed by atoms with Gasteiger partial charge in [-0.25, -0.2) is 0 Å². The van der Waals surface area contributed by atoms with Crippen LogP contribution in [0.25, 0.3) is 0 Å². The smallest absolute Gasteiger partial charge is 0.319 e. The van der Waals surface area contributed by atoms with E-state index in [4.69, 9.17) is 4.74 Å². The molecule has 2 aromatic rings. The fourth-order valence-corrected chi connectivity index (χ4v) is 3.39. The highest BCUT2D eigenvalue weighted by molar-refractivity contribution is 9.10. The lowest BCUT2D eigenvalue weighted by atomic mass is 9.92. The van der Waals surface area contributed by atoms with E-state index in [0.717, 1.165) is 10.0 Å². The van der Waals surface area contributed by atoms with E-state index >= 15 is 0 Å². The predicted octanol–water partition coefficient (Wildman–Crippen LogP) is 3.59. The van der Waals surface area contributed by atoms with E-state index in [9.17, 15) is 14.4 Å². The number of aryl methyl sites for hydroxylation is 1. The monoisotopic (exact) mass is 415 g/mol. The van der Waals surface area contributed by atoms with Crippen LogP contribution in [0, 0.1) is 12.8 Å². The van der Waals surface area contributed by atoms with Crippen molar-refractivity contribution in [2.45, 2.75) is 19.9 Å². The molecule has 0 aromatic heterocycles. The first-order chi connectivity index (χ1) is 12.4. The van der Waals surface area contributed by atoms with Gasteiger partial charge in [0.1, 0.15) is 5.92 Å². The Bertz CT molecular complexity index is 845. The number of carbonyl (C=O) groups is 3. The molecule has 1 heterocycles. The van der Waals surface area contributed by atoms with Crippen molar-refractivity contribution in [3.05, 3.63) is 64.1 Å². The number of amides is 1. The molecule has 0 radical (unpaired) electrons. The molecule has 0 aliphatic carbocycles. The minimum Gasteiger partial charge on any atom is -0.465 e. The molecule has 1 aliphatic rings. The van der Waals surface area contributed by atoms with Gasteiger partial charge < -0.3 is 4.74 Å². The van der Waals surface area contributed by atoms with Crippen molar-refractivity contribution in [1.82, 2.24) is 0 Å². The van der Waals surface area contributed by atoms with E-state index in [1.165, 1.54) is 4.90 Å². The Morgan fingerprint density at radius 1 is 1.08 bits per heavy atom. The van der Waals surface area contributed by atoms with Crippen LogP contribution < -0.4 is 4.90 Å². The van der Waals surface area contributed by atoms with E-state index in [0.29, 0.717) is 11.3 Å². The summed E-state index contributed by atoms with van der Waals surface area (Å²) < 4.78 is 5.94. The summed E-state index contributed by atoms with van der Waals surface area (Å²) in [6.45, 7) is 3.76. The number of carbonyl (C=O) groups excluding carboxylic acids is 3. The average molecular weight is 416 g/mol. The largest absolute Gasteiger partial charge is 0.465 e. The van der Waals surface area contributed by atoms with Crippen LogP contribution in [-0.2, 0) is 19.1 Å². The molecule has 3 rings (SSSR count). The molecule has 134 valence electrons. The summed E-state index contributed by atoms with van der Waals surface area (Å²) >= 11 is 3.38. The fraction of sp³-hybridized carbons (Fsp3) is 0.250. The number of rotatable bonds is 4. The molecule has 0 spiro atoms. The minimum absolute atomic E-state index is 0.147. The van der Waals surface area contributed by atoms with Crippen LogP contribution in [0.3, 0.4) is 0 Å². The number of Topliss-reactive ketones (excluding diaryl/α,β-unsaturated/α-hetero) is 1. The number of hydrogen-bond donors (Lipinski definition) is 0. The maximum absolute atomic E-state index is 12.7. The van der Waals surface area contributed by atoms with Gasteiger partial charge in [0.15, 0.2) is 0 Å². The number of halogens is 1. The molecule has 0 bridgehead atoms. The van der Waals surface area contributed by atoms with Crippen molar-refractivity contribution >= 4 is 39.3 Å². The Balaban J connectivity index is 2.12. The van der Waals surface area contributed by atoms with Crippen molar-refractivity contribution < 1.29 is 19.1 Å². The fourth-order valence-electron chi connectivity index (χ4n) is 3.12. The van der Waals surface area contributed by atoms with Gasteiger partial charge in [-0.1, -0.05) is 45.8 Å². The zero-order valence-corrected chi connectivity index (χ0v) is 16.0. The normalized spacial score (nSPS) is 19.7. The highest BCUT2D eigenvalue weighted by Crippen LogP contribution is 2.40. The molecule has 1 aliphatic heterocycles. The Hall–Kier alpha value is -2.47. The van der Waals surface area contributed by atoms with Crippen molar-refractivity contribution in [1.29, 1.82) is 0 Å². The Labute approximate surface area is 160 Å². The zero-order valence-electron chi connectivity index (χ0n) is 14.4. The van der Waals surface area contributed by atoms with Crippen LogP contribution in [0.2, 0.25) is 0 Å². The summed E-state index contributed by atoms with van der Waals surface area (Å²) in [6.07, 6.45) is 0. The van der Waals surface area contributed by atoms with Crippen molar-refractivity contribution in [2.24, 2.45) is 5.92 Å². The Morgan fingerprint density at radius 2 is 1.69 bits per heavy atom. The average Bonchev–Trinajstić information content (AvgIpc) is 2.88. The summed E-state index contributed by atoms with van der Waals surface area (Å²) in [6, 6.07) is 13.8. The van der Waals surface area contributed by atoms with Gasteiger partial charge in [0.2, 0.25) is 5.78 Å². The Kier molecular flexibility index (Phi) is 5.23. The highest BCUT2D eigenvalue weighted by Gasteiger charge is 2.53. The van der Waals surface area contributed by atoms with Crippen LogP contribution in [0.5, 0.6) is 0 Å². The van der Waals surface area contributed by atoms with Crippen molar-refractivity contribution in [3.8, 4) is 0 Å². The van der Waals surface area contributed by atoms with Crippen LogP contribution in [-0.4, -0.2) is 24.3 Å². The lowest BCUT2D eigenvalue weighted by Gasteiger charge is -2.27. The molecule has 0 saturated carbocycles. The molecule has 0 N–H and O–H groups in total. The third-order valence-corrected chi connectivity index (χ3v) is 4.90. The molecule has 5 nitrogen and oxygen atoms in total. The van der Waals surface area contributed by atoms with Gasteiger partial charge in [0, 0.05) is 10.2 Å². The molecule has 26 heavy (non-hydrogen) atoms. The molecule has 1 fully saturated rings. The lowest BCUT2D eigenvalue weighted by molar-refractivity contribution is -0.152. The molecule has 2 unspecified atom stereocenters. The van der Waals surface area contributed by atoms with E-state index in [2.05, 4.69) is 15.9 Å². The quantitative estimate of drug-likeness (QED) is 0.434. The zero-order chi connectivity index (χ0) is 18.8. The maximum atomic E-state index is 12.7. The second kappa shape index (κ2) is 7.41. The summed E-state index contributed by atoms with van der Waals surface area (Å²) in [5.41, 5.74) is 2.31. The number of benzene rings is 2. The molecular formula is C20H18BrNO4. The van der Waals surface area contributed by atoms with E-state index in [-0.39, 0.29) is 6.61 Å². The SMILES string of the molecule is CCOC(=O)C1C(=O)C(=O)N(c2ccc(C)cc2)C1c1ccc(Br)cc1. The van der Waals surface area contributed by atoms with Gasteiger partial charge in [0.05, 0.1) is 12.6 Å². The maximum Gasteiger partial charge on any atom is 0.319 e. The van der Waals surface area contributed by atoms with Gasteiger partial charge in [-0.3, -0.25) is 19.3 Å². The van der Waals surface area contributed by atoms with Gasteiger partial charge in [-0.15, -0.1) is 0 Å². The number of ether oxygens (including phenoxy) is 1. The number of anilines is 1. The van der Waals surface area contributed by atoms with E-state index < -0.39 is 29.6 Å². The number of ketones is 1. The van der Waals surface area contributed by atoms with Crippen molar-refractivity contribution in [3.63, 3.8) is 0 Å². The van der Waals surface area contributed by atoms with Gasteiger partial charge in [0.25, 0.3) is 5.91 Å². The second-order valence-corrected chi connectivity index (χ2v) is 7.02. The molecule has 1 amide bonds. The summed E-state index contributed by atoms with van der Waals surface area (Å²) in [4.78, 5) is 39.2. The first-order valence-electron chi connectivity index (χ1n) is 8.30. The van der Waals surface area contributed by atoms with Crippen LogP contribution in [0.1, 0.15) is 24.1 Å². The first kappa shape index (κ1) is 18.3. The topological polar surface area (TPSA) is 63.7 Å². The second-order valence-electron chi connectivity index (χ2n) is 6.10. The number of esters is 1. The molecule has 2 atom stereocenters. The van der Waals surface area contributed by atoms with Crippen molar-refractivity contribution in [2.75, 3.05) is 11.5 Å². The molecular weight excluding hydrogens is 398 g/mol. The number of hydrogen-bond acceptors (Lipinski definition) is 4. The lowest BCUT2D eigenvalue weighted by Crippen LogP contribution is -2.31. The Morgan fingerprint density at radius 3 is 2.27 bits per heavy atom. The summed E-state index contributed by atoms with van der Waals surface area (Å²) in [5, 5.41) is 0. The summed E-state index contributed by atoms with van der Waals surface area (Å²) in [5.74, 6) is -3.28. The minimum atomic E-state index is -1.18. The third-order valence-electron chi connectivity index (χ3n) is 4.37.